The van der Waals surface area contributed by atoms with E-state index in [1.165, 1.54) is 0 Å². The highest BCUT2D eigenvalue weighted by molar-refractivity contribution is 6.01. The number of fused-ring (bicyclic) bond motifs is 1. The van der Waals surface area contributed by atoms with Crippen LogP contribution in [0.3, 0.4) is 0 Å². The molecular formula is C14H20N4O2. The number of hydrogen-bond acceptors (Lipinski definition) is 4. The summed E-state index contributed by atoms with van der Waals surface area (Å²) >= 11 is 0. The van der Waals surface area contributed by atoms with Crippen molar-refractivity contribution in [2.45, 2.75) is 25.7 Å². The molecule has 0 atom stereocenters. The fraction of sp³-hybridized carbons (Fsp3) is 0.429. The lowest BCUT2D eigenvalue weighted by molar-refractivity contribution is -0.121. The first-order valence-corrected chi connectivity index (χ1v) is 6.84. The van der Waals surface area contributed by atoms with E-state index in [0.717, 1.165) is 37.2 Å². The molecule has 2 amide bonds. The third-order valence-corrected chi connectivity index (χ3v) is 3.35. The molecule has 1 aliphatic rings. The molecule has 4 N–H and O–H groups in total. The molecule has 2 rings (SSSR count). The van der Waals surface area contributed by atoms with E-state index in [1.807, 2.05) is 24.3 Å². The van der Waals surface area contributed by atoms with E-state index in [0.29, 0.717) is 13.0 Å². The summed E-state index contributed by atoms with van der Waals surface area (Å²) in [6, 6.07) is 7.80. The number of nitrogens with one attached hydrogen (secondary N) is 2. The van der Waals surface area contributed by atoms with Gasteiger partial charge in [-0.2, -0.15) is 0 Å². The molecule has 0 aromatic heterocycles. The predicted molar refractivity (Wildman–Crippen MR) is 78.1 cm³/mol. The molecule has 0 saturated heterocycles. The van der Waals surface area contributed by atoms with E-state index >= 15 is 0 Å². The number of nitrogens with two attached hydrogens (primary N) is 1. The van der Waals surface area contributed by atoms with Crippen LogP contribution in [0.15, 0.2) is 24.3 Å². The van der Waals surface area contributed by atoms with Gasteiger partial charge in [0.05, 0.1) is 17.9 Å². The van der Waals surface area contributed by atoms with Crippen LogP contribution in [0, 0.1) is 0 Å². The average Bonchev–Trinajstić information content (AvgIpc) is 2.46. The second-order valence-corrected chi connectivity index (χ2v) is 4.87. The lowest BCUT2D eigenvalue weighted by Gasteiger charge is -2.30. The number of rotatable bonds is 6. The Morgan fingerprint density at radius 3 is 2.90 bits per heavy atom. The van der Waals surface area contributed by atoms with E-state index < -0.39 is 0 Å². The largest absolute Gasteiger partial charge is 0.361 e. The normalized spacial score (nSPS) is 13.7. The zero-order valence-corrected chi connectivity index (χ0v) is 11.4. The van der Waals surface area contributed by atoms with Crippen molar-refractivity contribution in [3.05, 3.63) is 24.3 Å². The SMILES string of the molecule is NNC(=O)CCCCCN1CC(=O)Nc2ccccc21. The van der Waals surface area contributed by atoms with Gasteiger partial charge in [0.15, 0.2) is 0 Å². The van der Waals surface area contributed by atoms with Crippen LogP contribution in [0.25, 0.3) is 0 Å². The van der Waals surface area contributed by atoms with Gasteiger partial charge in [0, 0.05) is 13.0 Å². The Balaban J connectivity index is 1.81. The summed E-state index contributed by atoms with van der Waals surface area (Å²) in [5, 5.41) is 2.87. The van der Waals surface area contributed by atoms with Crippen molar-refractivity contribution in [3.63, 3.8) is 0 Å². The third-order valence-electron chi connectivity index (χ3n) is 3.35. The van der Waals surface area contributed by atoms with Crippen LogP contribution in [-0.4, -0.2) is 24.9 Å². The molecule has 0 spiro atoms. The minimum atomic E-state index is -0.132. The highest BCUT2D eigenvalue weighted by atomic mass is 16.2. The van der Waals surface area contributed by atoms with Gasteiger partial charge in [-0.05, 0) is 25.0 Å². The van der Waals surface area contributed by atoms with Crippen molar-refractivity contribution in [2.75, 3.05) is 23.3 Å². The molecular weight excluding hydrogens is 256 g/mol. The van der Waals surface area contributed by atoms with Crippen LogP contribution < -0.4 is 21.5 Å². The van der Waals surface area contributed by atoms with Gasteiger partial charge in [0.1, 0.15) is 0 Å². The van der Waals surface area contributed by atoms with Crippen molar-refractivity contribution >= 4 is 23.2 Å². The van der Waals surface area contributed by atoms with Crippen LogP contribution in [0.5, 0.6) is 0 Å². The number of amides is 2. The quantitative estimate of drug-likeness (QED) is 0.313. The molecule has 6 nitrogen and oxygen atoms in total. The Kier molecular flexibility index (Phi) is 4.95. The lowest BCUT2D eigenvalue weighted by atomic mass is 10.1. The maximum absolute atomic E-state index is 11.6. The lowest BCUT2D eigenvalue weighted by Crippen LogP contribution is -2.38. The maximum Gasteiger partial charge on any atom is 0.243 e. The van der Waals surface area contributed by atoms with Gasteiger partial charge in [0.2, 0.25) is 11.8 Å². The molecule has 0 bridgehead atoms. The van der Waals surface area contributed by atoms with Gasteiger partial charge in [-0.1, -0.05) is 18.6 Å². The number of hydrazine groups is 1. The fourth-order valence-electron chi connectivity index (χ4n) is 2.34. The summed E-state index contributed by atoms with van der Waals surface area (Å²) in [6.45, 7) is 1.20. The molecule has 0 fully saturated rings. The molecule has 0 aliphatic carbocycles. The molecule has 1 aromatic carbocycles. The van der Waals surface area contributed by atoms with Crippen molar-refractivity contribution in [3.8, 4) is 0 Å². The van der Waals surface area contributed by atoms with Crippen molar-refractivity contribution < 1.29 is 9.59 Å². The van der Waals surface area contributed by atoms with Crippen LogP contribution in [0.2, 0.25) is 0 Å². The van der Waals surface area contributed by atoms with E-state index in [9.17, 15) is 9.59 Å². The number of hydrogen-bond donors (Lipinski definition) is 3. The average molecular weight is 276 g/mol. The summed E-state index contributed by atoms with van der Waals surface area (Å²) in [5.74, 6) is 4.91. The minimum absolute atomic E-state index is 0.0196. The molecule has 1 heterocycles. The molecule has 0 unspecified atom stereocenters. The smallest absolute Gasteiger partial charge is 0.243 e. The summed E-state index contributed by atoms with van der Waals surface area (Å²) in [4.78, 5) is 24.7. The van der Waals surface area contributed by atoms with Gasteiger partial charge >= 0.3 is 0 Å². The molecule has 0 saturated carbocycles. The van der Waals surface area contributed by atoms with Crippen LogP contribution in [0.4, 0.5) is 11.4 Å². The van der Waals surface area contributed by atoms with Gasteiger partial charge in [-0.15, -0.1) is 0 Å². The van der Waals surface area contributed by atoms with Gasteiger partial charge in [-0.3, -0.25) is 15.0 Å². The maximum atomic E-state index is 11.6. The van der Waals surface area contributed by atoms with Gasteiger partial charge in [0.25, 0.3) is 0 Å². The van der Waals surface area contributed by atoms with E-state index in [-0.39, 0.29) is 11.8 Å². The number of para-hydroxylation sites is 2. The topological polar surface area (TPSA) is 87.5 Å². The molecule has 108 valence electrons. The Morgan fingerprint density at radius 1 is 1.30 bits per heavy atom. The highest BCUT2D eigenvalue weighted by Gasteiger charge is 2.20. The second-order valence-electron chi connectivity index (χ2n) is 4.87. The number of carbonyl (C=O) groups is 2. The van der Waals surface area contributed by atoms with E-state index in [1.54, 1.807) is 0 Å². The number of nitrogens with zero attached hydrogens (tertiary/aromatic N) is 1. The third kappa shape index (κ3) is 3.71. The molecule has 6 heteroatoms. The molecule has 1 aromatic rings. The monoisotopic (exact) mass is 276 g/mol. The summed E-state index contributed by atoms with van der Waals surface area (Å²) in [7, 11) is 0. The number of carbonyl (C=O) groups excluding carboxylic acids is 2. The van der Waals surface area contributed by atoms with Crippen molar-refractivity contribution in [2.24, 2.45) is 5.84 Å². The van der Waals surface area contributed by atoms with E-state index in [4.69, 9.17) is 5.84 Å². The highest BCUT2D eigenvalue weighted by Crippen LogP contribution is 2.28. The first-order chi connectivity index (χ1) is 9.70. The Bertz CT molecular complexity index is 490. The molecule has 0 radical (unpaired) electrons. The standard InChI is InChI=1S/C14H20N4O2/c15-17-13(19)8-2-1-5-9-18-10-14(20)16-11-6-3-4-7-12(11)18/h3-4,6-7H,1-2,5,8-10,15H2,(H,16,20)(H,17,19). The predicted octanol–water partition coefficient (Wildman–Crippen LogP) is 0.995. The zero-order valence-electron chi connectivity index (χ0n) is 11.4. The number of benzene rings is 1. The zero-order chi connectivity index (χ0) is 14.4. The summed E-state index contributed by atoms with van der Waals surface area (Å²) < 4.78 is 0. The fourth-order valence-corrected chi connectivity index (χ4v) is 2.34. The first kappa shape index (κ1) is 14.3. The van der Waals surface area contributed by atoms with Crippen molar-refractivity contribution in [1.29, 1.82) is 0 Å². The first-order valence-electron chi connectivity index (χ1n) is 6.84. The summed E-state index contributed by atoms with van der Waals surface area (Å²) in [5.41, 5.74) is 4.05. The molecule has 1 aliphatic heterocycles. The van der Waals surface area contributed by atoms with Gasteiger partial charge < -0.3 is 10.2 Å². The second kappa shape index (κ2) is 6.91. The van der Waals surface area contributed by atoms with Crippen LogP contribution in [0.1, 0.15) is 25.7 Å². The Labute approximate surface area is 118 Å². The Morgan fingerprint density at radius 2 is 2.10 bits per heavy atom. The van der Waals surface area contributed by atoms with E-state index in [2.05, 4.69) is 15.6 Å². The number of unbranched alkanes of at least 4 members (excludes halogenated alkanes) is 2. The van der Waals surface area contributed by atoms with Gasteiger partial charge in [-0.25, -0.2) is 5.84 Å². The van der Waals surface area contributed by atoms with Crippen LogP contribution >= 0.6 is 0 Å². The van der Waals surface area contributed by atoms with Crippen molar-refractivity contribution in [1.82, 2.24) is 5.43 Å². The summed E-state index contributed by atoms with van der Waals surface area (Å²) in [6.07, 6.45) is 3.14. The molecule has 20 heavy (non-hydrogen) atoms. The van der Waals surface area contributed by atoms with Crippen LogP contribution in [-0.2, 0) is 9.59 Å². The Hall–Kier alpha value is -2.08. The number of anilines is 2. The minimum Gasteiger partial charge on any atom is -0.361 e.